The summed E-state index contributed by atoms with van der Waals surface area (Å²) in [6, 6.07) is 61.4. The van der Waals surface area contributed by atoms with E-state index < -0.39 is 5.41 Å². The van der Waals surface area contributed by atoms with Gasteiger partial charge in [-0.1, -0.05) is 140 Å². The first-order chi connectivity index (χ1) is 25.3. The average molecular weight is 672 g/mol. The van der Waals surface area contributed by atoms with Crippen LogP contribution in [-0.4, -0.2) is 15.0 Å². The van der Waals surface area contributed by atoms with E-state index in [1.165, 1.54) is 31.3 Å². The molecule has 0 N–H and O–H groups in total. The number of para-hydroxylation sites is 1. The molecule has 240 valence electrons. The summed E-state index contributed by atoms with van der Waals surface area (Å²) >= 11 is 1.80. The van der Waals surface area contributed by atoms with Crippen LogP contribution >= 0.6 is 11.3 Å². The van der Waals surface area contributed by atoms with Crippen molar-refractivity contribution in [3.8, 4) is 45.7 Å². The van der Waals surface area contributed by atoms with Crippen molar-refractivity contribution in [2.45, 2.75) is 5.41 Å². The van der Waals surface area contributed by atoms with Crippen molar-refractivity contribution in [3.63, 3.8) is 0 Å². The SMILES string of the molecule is c1ccc(-c2nc(-c3ccc4c(c3)Oc3ccccc3C4(c3ccccc3)c3ccccc3)nc(-c3ccc4sc5ccccc5c4c3)n2)cc1. The molecule has 0 bridgehead atoms. The molecule has 9 aromatic rings. The lowest BCUT2D eigenvalue weighted by atomic mass is 9.63. The largest absolute Gasteiger partial charge is 0.457 e. The summed E-state index contributed by atoms with van der Waals surface area (Å²) in [5.74, 6) is 3.44. The highest BCUT2D eigenvalue weighted by molar-refractivity contribution is 7.25. The van der Waals surface area contributed by atoms with E-state index in [-0.39, 0.29) is 0 Å². The molecule has 0 unspecified atom stereocenters. The lowest BCUT2D eigenvalue weighted by Gasteiger charge is -2.41. The number of aromatic nitrogens is 3. The van der Waals surface area contributed by atoms with E-state index in [0.29, 0.717) is 17.5 Å². The number of thiophene rings is 1. The first kappa shape index (κ1) is 29.5. The molecule has 2 aromatic heterocycles. The fraction of sp³-hybridized carbons (Fsp3) is 0.0217. The van der Waals surface area contributed by atoms with Crippen LogP contribution in [0.25, 0.3) is 54.3 Å². The quantitative estimate of drug-likeness (QED) is 0.183. The topological polar surface area (TPSA) is 47.9 Å². The molecule has 1 aliphatic rings. The summed E-state index contributed by atoms with van der Waals surface area (Å²) < 4.78 is 9.29. The molecule has 0 spiro atoms. The van der Waals surface area contributed by atoms with Gasteiger partial charge in [0, 0.05) is 48.0 Å². The Morgan fingerprint density at radius 3 is 1.65 bits per heavy atom. The monoisotopic (exact) mass is 671 g/mol. The summed E-state index contributed by atoms with van der Waals surface area (Å²) in [6.07, 6.45) is 0. The summed E-state index contributed by atoms with van der Waals surface area (Å²) in [6.45, 7) is 0. The van der Waals surface area contributed by atoms with Gasteiger partial charge in [0.25, 0.3) is 0 Å². The Balaban J connectivity index is 1.19. The molecule has 1 aliphatic heterocycles. The fourth-order valence-electron chi connectivity index (χ4n) is 7.57. The van der Waals surface area contributed by atoms with Crippen molar-refractivity contribution in [3.05, 3.63) is 198 Å². The molecule has 0 atom stereocenters. The van der Waals surface area contributed by atoms with Crippen LogP contribution in [-0.2, 0) is 5.41 Å². The Morgan fingerprint density at radius 1 is 0.392 bits per heavy atom. The third-order valence-corrected chi connectivity index (χ3v) is 11.0. The maximum Gasteiger partial charge on any atom is 0.164 e. The molecule has 4 nitrogen and oxygen atoms in total. The van der Waals surface area contributed by atoms with Crippen molar-refractivity contribution in [1.82, 2.24) is 15.0 Å². The second-order valence-electron chi connectivity index (χ2n) is 12.8. The second kappa shape index (κ2) is 11.9. The van der Waals surface area contributed by atoms with Crippen LogP contribution in [0.4, 0.5) is 0 Å². The number of ether oxygens (including phenoxy) is 1. The zero-order valence-electron chi connectivity index (χ0n) is 27.4. The summed E-state index contributed by atoms with van der Waals surface area (Å²) in [5.41, 5.74) is 6.65. The number of benzene rings is 7. The van der Waals surface area contributed by atoms with Gasteiger partial charge in [-0.2, -0.15) is 0 Å². The van der Waals surface area contributed by atoms with Crippen LogP contribution in [0.5, 0.6) is 11.5 Å². The Labute approximate surface area is 299 Å². The van der Waals surface area contributed by atoms with Crippen molar-refractivity contribution in [2.75, 3.05) is 0 Å². The Bertz CT molecular complexity index is 2690. The van der Waals surface area contributed by atoms with Gasteiger partial charge >= 0.3 is 0 Å². The highest BCUT2D eigenvalue weighted by Crippen LogP contribution is 2.55. The van der Waals surface area contributed by atoms with Gasteiger partial charge in [0.2, 0.25) is 0 Å². The zero-order chi connectivity index (χ0) is 33.8. The first-order valence-corrected chi connectivity index (χ1v) is 17.8. The molecule has 0 fully saturated rings. The molecule has 0 amide bonds. The van der Waals surface area contributed by atoms with Gasteiger partial charge in [0.15, 0.2) is 17.5 Å². The van der Waals surface area contributed by atoms with Gasteiger partial charge in [0.1, 0.15) is 11.5 Å². The minimum absolute atomic E-state index is 0.587. The average Bonchev–Trinajstić information content (AvgIpc) is 3.58. The molecular formula is C46H29N3OS. The Morgan fingerprint density at radius 2 is 0.922 bits per heavy atom. The lowest BCUT2D eigenvalue weighted by Crippen LogP contribution is -2.34. The first-order valence-electron chi connectivity index (χ1n) is 17.0. The van der Waals surface area contributed by atoms with E-state index in [1.807, 2.05) is 36.4 Å². The Hall–Kier alpha value is -6.43. The van der Waals surface area contributed by atoms with Gasteiger partial charge in [-0.25, -0.2) is 15.0 Å². The molecular weight excluding hydrogens is 643 g/mol. The number of nitrogens with zero attached hydrogens (tertiary/aromatic N) is 3. The van der Waals surface area contributed by atoms with Crippen molar-refractivity contribution >= 4 is 31.5 Å². The maximum atomic E-state index is 6.78. The van der Waals surface area contributed by atoms with Crippen LogP contribution in [0.15, 0.2) is 176 Å². The lowest BCUT2D eigenvalue weighted by molar-refractivity contribution is 0.434. The molecule has 10 rings (SSSR count). The number of hydrogen-bond acceptors (Lipinski definition) is 5. The van der Waals surface area contributed by atoms with E-state index in [0.717, 1.165) is 39.3 Å². The van der Waals surface area contributed by atoms with Crippen LogP contribution in [0.3, 0.4) is 0 Å². The highest BCUT2D eigenvalue weighted by Gasteiger charge is 2.45. The Kier molecular flexibility index (Phi) is 6.86. The normalized spacial score (nSPS) is 13.0. The summed E-state index contributed by atoms with van der Waals surface area (Å²) in [4.78, 5) is 15.3. The number of hydrogen-bond donors (Lipinski definition) is 0. The standard InChI is InChI=1S/C46H29N3OS/c1-4-14-30(15-5-1)43-47-44(31-25-27-42-36(28-31)35-20-10-13-23-41(35)51-42)49-45(48-43)32-24-26-38-40(29-32)50-39-22-12-11-21-37(39)46(38,33-16-6-2-7-17-33)34-18-8-3-9-19-34/h1-29H. The van der Waals surface area contributed by atoms with Gasteiger partial charge in [-0.3, -0.25) is 0 Å². The highest BCUT2D eigenvalue weighted by atomic mass is 32.1. The third kappa shape index (κ3) is 4.78. The molecule has 3 heterocycles. The van der Waals surface area contributed by atoms with Gasteiger partial charge in [-0.05, 0) is 47.5 Å². The van der Waals surface area contributed by atoms with E-state index in [9.17, 15) is 0 Å². The smallest absolute Gasteiger partial charge is 0.164 e. The second-order valence-corrected chi connectivity index (χ2v) is 13.9. The van der Waals surface area contributed by atoms with E-state index in [2.05, 4.69) is 140 Å². The van der Waals surface area contributed by atoms with Crippen molar-refractivity contribution < 1.29 is 4.74 Å². The van der Waals surface area contributed by atoms with E-state index >= 15 is 0 Å². The van der Waals surface area contributed by atoms with E-state index in [1.54, 1.807) is 11.3 Å². The minimum atomic E-state index is -0.594. The molecule has 5 heteroatoms. The van der Waals surface area contributed by atoms with Crippen LogP contribution in [0.2, 0.25) is 0 Å². The molecule has 0 saturated heterocycles. The zero-order valence-corrected chi connectivity index (χ0v) is 28.2. The van der Waals surface area contributed by atoms with Gasteiger partial charge in [0.05, 0.1) is 5.41 Å². The van der Waals surface area contributed by atoms with Crippen LogP contribution in [0, 0.1) is 0 Å². The fourth-order valence-corrected chi connectivity index (χ4v) is 8.65. The van der Waals surface area contributed by atoms with E-state index in [4.69, 9.17) is 19.7 Å². The number of rotatable bonds is 5. The number of fused-ring (bicyclic) bond motifs is 5. The molecule has 0 aliphatic carbocycles. The molecule has 51 heavy (non-hydrogen) atoms. The van der Waals surface area contributed by atoms with Crippen molar-refractivity contribution in [2.24, 2.45) is 0 Å². The molecule has 0 radical (unpaired) electrons. The maximum absolute atomic E-state index is 6.78. The molecule has 0 saturated carbocycles. The van der Waals surface area contributed by atoms with Crippen LogP contribution in [0.1, 0.15) is 22.3 Å². The summed E-state index contributed by atoms with van der Waals surface area (Å²) in [7, 11) is 0. The summed E-state index contributed by atoms with van der Waals surface area (Å²) in [5, 5.41) is 2.44. The predicted octanol–water partition coefficient (Wildman–Crippen LogP) is 11.7. The van der Waals surface area contributed by atoms with Crippen molar-refractivity contribution in [1.29, 1.82) is 0 Å². The minimum Gasteiger partial charge on any atom is -0.457 e. The van der Waals surface area contributed by atoms with Crippen LogP contribution < -0.4 is 4.74 Å². The third-order valence-electron chi connectivity index (χ3n) is 9.87. The molecule has 7 aromatic carbocycles. The van der Waals surface area contributed by atoms with Gasteiger partial charge in [-0.15, -0.1) is 11.3 Å². The predicted molar refractivity (Wildman–Crippen MR) is 207 cm³/mol. The van der Waals surface area contributed by atoms with Gasteiger partial charge < -0.3 is 4.74 Å².